The maximum Gasteiger partial charge on any atom is 0.223 e. The van der Waals surface area contributed by atoms with Crippen LogP contribution in [0, 0.1) is 0 Å². The van der Waals surface area contributed by atoms with Crippen molar-refractivity contribution in [3.05, 3.63) is 59.8 Å². The molecule has 0 saturated heterocycles. The van der Waals surface area contributed by atoms with Gasteiger partial charge in [0.2, 0.25) is 11.8 Å². The lowest BCUT2D eigenvalue weighted by Gasteiger charge is -2.11. The van der Waals surface area contributed by atoms with Gasteiger partial charge < -0.3 is 15.2 Å². The van der Waals surface area contributed by atoms with Crippen LogP contribution in [0.15, 0.2) is 48.7 Å². The molecule has 1 amide bonds. The fourth-order valence-corrected chi connectivity index (χ4v) is 2.05. The van der Waals surface area contributed by atoms with E-state index in [4.69, 9.17) is 4.74 Å². The topological polar surface area (TPSA) is 71.5 Å². The van der Waals surface area contributed by atoms with Crippen LogP contribution >= 0.6 is 0 Å². The highest BCUT2D eigenvalue weighted by Crippen LogP contribution is 2.15. The Labute approximate surface area is 136 Å². The number of nitrogens with one attached hydrogen (secondary N) is 1. The van der Waals surface area contributed by atoms with Crippen LogP contribution < -0.4 is 10.1 Å². The standard InChI is InChI=1S/C18H22N2O3/c1-2-10-23-18-9-8-14(13-20-18)12-19-17(22)11-16(21)15-6-4-3-5-7-15/h3-9,13,16,21H,2,10-12H2,1H3,(H,19,22). The Kier molecular flexibility index (Phi) is 6.56. The van der Waals surface area contributed by atoms with Crippen molar-refractivity contribution in [1.29, 1.82) is 0 Å². The van der Waals surface area contributed by atoms with Gasteiger partial charge in [0.05, 0.1) is 19.1 Å². The fraction of sp³-hybridized carbons (Fsp3) is 0.333. The number of aliphatic hydroxyl groups excluding tert-OH is 1. The minimum absolute atomic E-state index is 0.0368. The molecule has 0 saturated carbocycles. The van der Waals surface area contributed by atoms with Crippen molar-refractivity contribution < 1.29 is 14.6 Å². The van der Waals surface area contributed by atoms with E-state index in [2.05, 4.69) is 10.3 Å². The molecular weight excluding hydrogens is 292 g/mol. The Morgan fingerprint density at radius 2 is 2.04 bits per heavy atom. The lowest BCUT2D eigenvalue weighted by molar-refractivity contribution is -0.123. The van der Waals surface area contributed by atoms with Crippen molar-refractivity contribution in [2.24, 2.45) is 0 Å². The van der Waals surface area contributed by atoms with Crippen molar-refractivity contribution in [2.75, 3.05) is 6.61 Å². The molecule has 23 heavy (non-hydrogen) atoms. The van der Waals surface area contributed by atoms with E-state index in [1.165, 1.54) is 0 Å². The summed E-state index contributed by atoms with van der Waals surface area (Å²) in [6, 6.07) is 12.8. The molecule has 0 aliphatic rings. The van der Waals surface area contributed by atoms with Gasteiger partial charge in [-0.3, -0.25) is 4.79 Å². The van der Waals surface area contributed by atoms with E-state index >= 15 is 0 Å². The molecule has 0 radical (unpaired) electrons. The Morgan fingerprint density at radius 1 is 1.26 bits per heavy atom. The van der Waals surface area contributed by atoms with E-state index in [-0.39, 0.29) is 12.3 Å². The quantitative estimate of drug-likeness (QED) is 0.785. The van der Waals surface area contributed by atoms with Crippen LogP contribution in [-0.2, 0) is 11.3 Å². The van der Waals surface area contributed by atoms with E-state index in [0.717, 1.165) is 17.5 Å². The predicted molar refractivity (Wildman–Crippen MR) is 87.9 cm³/mol. The van der Waals surface area contributed by atoms with E-state index < -0.39 is 6.10 Å². The van der Waals surface area contributed by atoms with Crippen molar-refractivity contribution in [3.63, 3.8) is 0 Å². The molecule has 1 unspecified atom stereocenters. The van der Waals surface area contributed by atoms with E-state index in [1.54, 1.807) is 24.4 Å². The smallest absolute Gasteiger partial charge is 0.223 e. The van der Waals surface area contributed by atoms with E-state index in [0.29, 0.717) is 19.0 Å². The molecule has 1 aromatic heterocycles. The predicted octanol–water partition coefficient (Wildman–Crippen LogP) is 2.61. The van der Waals surface area contributed by atoms with Gasteiger partial charge in [0.15, 0.2) is 0 Å². The van der Waals surface area contributed by atoms with Crippen LogP contribution in [0.25, 0.3) is 0 Å². The number of ether oxygens (including phenoxy) is 1. The molecule has 0 bridgehead atoms. The number of benzene rings is 1. The summed E-state index contributed by atoms with van der Waals surface area (Å²) in [6.07, 6.45) is 1.86. The first kappa shape index (κ1) is 17.0. The summed E-state index contributed by atoms with van der Waals surface area (Å²) in [5, 5.41) is 12.8. The summed E-state index contributed by atoms with van der Waals surface area (Å²) < 4.78 is 5.41. The van der Waals surface area contributed by atoms with Crippen LogP contribution in [0.4, 0.5) is 0 Å². The highest BCUT2D eigenvalue weighted by atomic mass is 16.5. The summed E-state index contributed by atoms with van der Waals surface area (Å²) in [4.78, 5) is 16.1. The highest BCUT2D eigenvalue weighted by molar-refractivity contribution is 5.76. The summed E-state index contributed by atoms with van der Waals surface area (Å²) in [6.45, 7) is 3.05. The van der Waals surface area contributed by atoms with Crippen molar-refractivity contribution in [3.8, 4) is 5.88 Å². The number of aromatic nitrogens is 1. The largest absolute Gasteiger partial charge is 0.478 e. The molecule has 1 aromatic carbocycles. The zero-order valence-corrected chi connectivity index (χ0v) is 13.2. The van der Waals surface area contributed by atoms with Crippen LogP contribution in [0.2, 0.25) is 0 Å². The number of aliphatic hydroxyl groups is 1. The number of hydrogen-bond donors (Lipinski definition) is 2. The molecule has 1 heterocycles. The summed E-state index contributed by atoms with van der Waals surface area (Å²) in [5.41, 5.74) is 1.62. The first-order valence-electron chi connectivity index (χ1n) is 7.76. The highest BCUT2D eigenvalue weighted by Gasteiger charge is 2.12. The number of hydrogen-bond acceptors (Lipinski definition) is 4. The molecule has 5 nitrogen and oxygen atoms in total. The second-order valence-electron chi connectivity index (χ2n) is 5.26. The first-order valence-corrected chi connectivity index (χ1v) is 7.76. The van der Waals surface area contributed by atoms with Crippen molar-refractivity contribution >= 4 is 5.91 Å². The van der Waals surface area contributed by atoms with Gasteiger partial charge in [0.1, 0.15) is 0 Å². The average molecular weight is 314 g/mol. The number of carbonyl (C=O) groups excluding carboxylic acids is 1. The lowest BCUT2D eigenvalue weighted by Crippen LogP contribution is -2.24. The maximum absolute atomic E-state index is 11.9. The number of carbonyl (C=O) groups is 1. The van der Waals surface area contributed by atoms with Gasteiger partial charge in [0.25, 0.3) is 0 Å². The Balaban J connectivity index is 1.77. The SMILES string of the molecule is CCCOc1ccc(CNC(=O)CC(O)c2ccccc2)cn1. The Hall–Kier alpha value is -2.40. The molecular formula is C18H22N2O3. The van der Waals surface area contributed by atoms with Gasteiger partial charge in [-0.1, -0.05) is 43.3 Å². The van der Waals surface area contributed by atoms with Crippen LogP contribution in [0.1, 0.15) is 37.0 Å². The van der Waals surface area contributed by atoms with Crippen LogP contribution in [-0.4, -0.2) is 22.6 Å². The van der Waals surface area contributed by atoms with Gasteiger partial charge >= 0.3 is 0 Å². The van der Waals surface area contributed by atoms with Gasteiger partial charge in [-0.25, -0.2) is 4.98 Å². The lowest BCUT2D eigenvalue weighted by atomic mass is 10.1. The van der Waals surface area contributed by atoms with Crippen LogP contribution in [0.5, 0.6) is 5.88 Å². The molecule has 2 N–H and O–H groups in total. The zero-order chi connectivity index (χ0) is 16.5. The molecule has 1 atom stereocenters. The van der Waals surface area contributed by atoms with Crippen molar-refractivity contribution in [1.82, 2.24) is 10.3 Å². The summed E-state index contributed by atoms with van der Waals surface area (Å²) in [7, 11) is 0. The normalized spacial score (nSPS) is 11.7. The van der Waals surface area contributed by atoms with Gasteiger partial charge in [-0.15, -0.1) is 0 Å². The molecule has 0 aliphatic carbocycles. The minimum atomic E-state index is -0.792. The minimum Gasteiger partial charge on any atom is -0.478 e. The van der Waals surface area contributed by atoms with Crippen LogP contribution in [0.3, 0.4) is 0 Å². The second kappa shape index (κ2) is 8.90. The molecule has 0 aliphatic heterocycles. The maximum atomic E-state index is 11.9. The van der Waals surface area contributed by atoms with E-state index in [9.17, 15) is 9.90 Å². The number of amides is 1. The molecule has 5 heteroatoms. The Bertz CT molecular complexity index is 599. The van der Waals surface area contributed by atoms with E-state index in [1.807, 2.05) is 31.2 Å². The monoisotopic (exact) mass is 314 g/mol. The molecule has 2 rings (SSSR count). The number of nitrogens with zero attached hydrogens (tertiary/aromatic N) is 1. The third-order valence-corrected chi connectivity index (χ3v) is 3.30. The third-order valence-electron chi connectivity index (χ3n) is 3.30. The van der Waals surface area contributed by atoms with Crippen molar-refractivity contribution in [2.45, 2.75) is 32.4 Å². The van der Waals surface area contributed by atoms with Gasteiger partial charge in [-0.05, 0) is 17.5 Å². The third kappa shape index (κ3) is 5.71. The zero-order valence-electron chi connectivity index (χ0n) is 13.2. The fourth-order valence-electron chi connectivity index (χ4n) is 2.05. The summed E-state index contributed by atoms with van der Waals surface area (Å²) >= 11 is 0. The molecule has 122 valence electrons. The second-order valence-corrected chi connectivity index (χ2v) is 5.26. The summed E-state index contributed by atoms with van der Waals surface area (Å²) in [5.74, 6) is 0.383. The first-order chi connectivity index (χ1) is 11.2. The van der Waals surface area contributed by atoms with Gasteiger partial charge in [0, 0.05) is 18.8 Å². The number of pyridine rings is 1. The molecule has 2 aromatic rings. The van der Waals surface area contributed by atoms with Gasteiger partial charge in [-0.2, -0.15) is 0 Å². The number of rotatable bonds is 8. The molecule has 0 spiro atoms. The molecule has 0 fully saturated rings. The Morgan fingerprint density at radius 3 is 2.70 bits per heavy atom. The average Bonchev–Trinajstić information content (AvgIpc) is 2.59.